The molecule has 1 aromatic heterocycles. The summed E-state index contributed by atoms with van der Waals surface area (Å²) in [6, 6.07) is 7.23. The van der Waals surface area contributed by atoms with Crippen molar-refractivity contribution in [3.63, 3.8) is 0 Å². The summed E-state index contributed by atoms with van der Waals surface area (Å²) in [5.74, 6) is -0.0117. The van der Waals surface area contributed by atoms with Crippen LogP contribution in [-0.2, 0) is 16.8 Å². The average molecular weight is 294 g/mol. The first-order valence-electron chi connectivity index (χ1n) is 6.29. The molecule has 106 valence electrons. The monoisotopic (exact) mass is 293 g/mol. The van der Waals surface area contributed by atoms with Crippen LogP contribution in [-0.4, -0.2) is 26.1 Å². The molecule has 0 spiro atoms. The number of nitrogens with zero attached hydrogens (tertiary/aromatic N) is 4. The Bertz CT molecular complexity index is 623. The molecule has 0 radical (unpaired) electrons. The second-order valence-electron chi connectivity index (χ2n) is 4.89. The van der Waals surface area contributed by atoms with Gasteiger partial charge in [-0.2, -0.15) is 4.80 Å². The maximum atomic E-state index is 12.4. The third-order valence-electron chi connectivity index (χ3n) is 3.07. The highest BCUT2D eigenvalue weighted by Gasteiger charge is 2.30. The predicted octanol–water partition coefficient (Wildman–Crippen LogP) is 2.26. The van der Waals surface area contributed by atoms with Crippen LogP contribution in [0.1, 0.15) is 26.3 Å². The SMILES string of the molecule is CCn1nnc(NC(=O)C(C)(C)c2cccc(Cl)c2)n1. The van der Waals surface area contributed by atoms with Gasteiger partial charge in [0.25, 0.3) is 5.95 Å². The quantitative estimate of drug-likeness (QED) is 0.938. The summed E-state index contributed by atoms with van der Waals surface area (Å²) >= 11 is 5.97. The van der Waals surface area contributed by atoms with Crippen LogP contribution in [0.3, 0.4) is 0 Å². The van der Waals surface area contributed by atoms with Gasteiger partial charge >= 0.3 is 0 Å². The molecule has 2 rings (SSSR count). The predicted molar refractivity (Wildman–Crippen MR) is 76.6 cm³/mol. The lowest BCUT2D eigenvalue weighted by atomic mass is 9.84. The van der Waals surface area contributed by atoms with Crippen LogP contribution in [0.2, 0.25) is 5.02 Å². The van der Waals surface area contributed by atoms with E-state index in [1.807, 2.05) is 32.9 Å². The highest BCUT2D eigenvalue weighted by Crippen LogP contribution is 2.26. The van der Waals surface area contributed by atoms with Gasteiger partial charge in [0, 0.05) is 5.02 Å². The lowest BCUT2D eigenvalue weighted by molar-refractivity contribution is -0.120. The minimum atomic E-state index is -0.747. The van der Waals surface area contributed by atoms with Crippen molar-refractivity contribution in [2.75, 3.05) is 5.32 Å². The molecule has 0 saturated carbocycles. The van der Waals surface area contributed by atoms with Crippen LogP contribution in [0.15, 0.2) is 24.3 Å². The van der Waals surface area contributed by atoms with Crippen LogP contribution >= 0.6 is 11.6 Å². The van der Waals surface area contributed by atoms with E-state index >= 15 is 0 Å². The third kappa shape index (κ3) is 2.96. The molecule has 20 heavy (non-hydrogen) atoms. The Morgan fingerprint density at radius 1 is 1.45 bits per heavy atom. The Hall–Kier alpha value is -1.95. The van der Waals surface area contributed by atoms with Gasteiger partial charge in [0.15, 0.2) is 0 Å². The molecule has 1 amide bonds. The number of carbonyl (C=O) groups excluding carboxylic acids is 1. The van der Waals surface area contributed by atoms with Gasteiger partial charge in [0.05, 0.1) is 12.0 Å². The van der Waals surface area contributed by atoms with Gasteiger partial charge in [0.2, 0.25) is 5.91 Å². The molecular weight excluding hydrogens is 278 g/mol. The number of tetrazole rings is 1. The molecule has 0 unspecified atom stereocenters. The van der Waals surface area contributed by atoms with Crippen molar-refractivity contribution in [1.82, 2.24) is 20.2 Å². The third-order valence-corrected chi connectivity index (χ3v) is 3.31. The zero-order valence-corrected chi connectivity index (χ0v) is 12.3. The highest BCUT2D eigenvalue weighted by atomic mass is 35.5. The fourth-order valence-corrected chi connectivity index (χ4v) is 1.88. The van der Waals surface area contributed by atoms with Gasteiger partial charge in [-0.15, -0.1) is 5.10 Å². The Morgan fingerprint density at radius 2 is 2.20 bits per heavy atom. The number of carbonyl (C=O) groups is 1. The zero-order chi connectivity index (χ0) is 14.8. The molecule has 0 aliphatic heterocycles. The molecule has 1 aromatic carbocycles. The summed E-state index contributed by atoms with van der Waals surface area (Å²) in [7, 11) is 0. The summed E-state index contributed by atoms with van der Waals surface area (Å²) in [4.78, 5) is 13.8. The Labute approximate surface area is 122 Å². The van der Waals surface area contributed by atoms with Crippen molar-refractivity contribution in [1.29, 1.82) is 0 Å². The standard InChI is InChI=1S/C13H16ClN5O/c1-4-19-17-12(16-18-19)15-11(20)13(2,3)9-6-5-7-10(14)8-9/h5-8H,4H2,1-3H3,(H,15,17,20). The van der Waals surface area contributed by atoms with E-state index in [4.69, 9.17) is 11.6 Å². The molecule has 7 heteroatoms. The summed E-state index contributed by atoms with van der Waals surface area (Å²) in [6.07, 6.45) is 0. The van der Waals surface area contributed by atoms with Gasteiger partial charge in [-0.1, -0.05) is 28.8 Å². The average Bonchev–Trinajstić information content (AvgIpc) is 2.86. The van der Waals surface area contributed by atoms with Gasteiger partial charge in [-0.25, -0.2) is 0 Å². The minimum Gasteiger partial charge on any atom is -0.291 e. The van der Waals surface area contributed by atoms with Crippen molar-refractivity contribution in [2.45, 2.75) is 32.7 Å². The molecule has 0 atom stereocenters. The Morgan fingerprint density at radius 3 is 2.80 bits per heavy atom. The van der Waals surface area contributed by atoms with Crippen molar-refractivity contribution >= 4 is 23.5 Å². The van der Waals surface area contributed by atoms with E-state index < -0.39 is 5.41 Å². The second kappa shape index (κ2) is 5.58. The van der Waals surface area contributed by atoms with E-state index in [0.717, 1.165) is 5.56 Å². The largest absolute Gasteiger partial charge is 0.291 e. The molecule has 0 saturated heterocycles. The Kier molecular flexibility index (Phi) is 4.04. The molecule has 1 N–H and O–H groups in total. The molecule has 2 aromatic rings. The number of aryl methyl sites for hydroxylation is 1. The van der Waals surface area contributed by atoms with Crippen LogP contribution in [0.5, 0.6) is 0 Å². The van der Waals surface area contributed by atoms with E-state index in [1.165, 1.54) is 4.80 Å². The number of rotatable bonds is 4. The normalized spacial score (nSPS) is 11.4. The van der Waals surface area contributed by atoms with Crippen LogP contribution in [0.25, 0.3) is 0 Å². The number of anilines is 1. The summed E-state index contributed by atoms with van der Waals surface area (Å²) in [5.41, 5.74) is 0.0770. The lowest BCUT2D eigenvalue weighted by Gasteiger charge is -2.23. The van der Waals surface area contributed by atoms with E-state index in [9.17, 15) is 4.79 Å². The summed E-state index contributed by atoms with van der Waals surface area (Å²) < 4.78 is 0. The molecule has 0 aliphatic rings. The highest BCUT2D eigenvalue weighted by molar-refractivity contribution is 6.30. The second-order valence-corrected chi connectivity index (χ2v) is 5.33. The number of nitrogens with one attached hydrogen (secondary N) is 1. The minimum absolute atomic E-state index is 0.201. The molecule has 6 nitrogen and oxygen atoms in total. The van der Waals surface area contributed by atoms with Crippen molar-refractivity contribution < 1.29 is 4.79 Å². The molecule has 0 aliphatic carbocycles. The Balaban J connectivity index is 2.18. The van der Waals surface area contributed by atoms with Crippen molar-refractivity contribution in [2.24, 2.45) is 0 Å². The number of halogens is 1. The fourth-order valence-electron chi connectivity index (χ4n) is 1.69. The van der Waals surface area contributed by atoms with Crippen LogP contribution in [0.4, 0.5) is 5.95 Å². The van der Waals surface area contributed by atoms with E-state index in [-0.39, 0.29) is 11.9 Å². The topological polar surface area (TPSA) is 72.7 Å². The number of hydrogen-bond acceptors (Lipinski definition) is 4. The van der Waals surface area contributed by atoms with Gasteiger partial charge in [-0.05, 0) is 43.7 Å². The number of hydrogen-bond donors (Lipinski definition) is 1. The van der Waals surface area contributed by atoms with Gasteiger partial charge < -0.3 is 0 Å². The number of amides is 1. The van der Waals surface area contributed by atoms with E-state index in [0.29, 0.717) is 11.6 Å². The zero-order valence-electron chi connectivity index (χ0n) is 11.6. The molecule has 0 bridgehead atoms. The van der Waals surface area contributed by atoms with Crippen LogP contribution < -0.4 is 5.32 Å². The van der Waals surface area contributed by atoms with Gasteiger partial charge in [-0.3, -0.25) is 10.1 Å². The van der Waals surface area contributed by atoms with Gasteiger partial charge in [0.1, 0.15) is 0 Å². The van der Waals surface area contributed by atoms with Crippen molar-refractivity contribution in [3.05, 3.63) is 34.9 Å². The van der Waals surface area contributed by atoms with Crippen LogP contribution in [0, 0.1) is 0 Å². The maximum Gasteiger partial charge on any atom is 0.270 e. The summed E-state index contributed by atoms with van der Waals surface area (Å²) in [5, 5.41) is 14.9. The van der Waals surface area contributed by atoms with E-state index in [2.05, 4.69) is 20.7 Å². The number of aromatic nitrogens is 4. The van der Waals surface area contributed by atoms with E-state index in [1.54, 1.807) is 12.1 Å². The summed E-state index contributed by atoms with van der Waals surface area (Å²) in [6.45, 7) is 6.13. The lowest BCUT2D eigenvalue weighted by Crippen LogP contribution is -2.35. The molecule has 0 fully saturated rings. The smallest absolute Gasteiger partial charge is 0.270 e. The molecular formula is C13H16ClN5O. The first-order chi connectivity index (χ1) is 9.43. The molecule has 1 heterocycles. The maximum absolute atomic E-state index is 12.4. The fraction of sp³-hybridized carbons (Fsp3) is 0.385. The number of benzene rings is 1. The first-order valence-corrected chi connectivity index (χ1v) is 6.66. The van der Waals surface area contributed by atoms with Crippen molar-refractivity contribution in [3.8, 4) is 0 Å². The first kappa shape index (κ1) is 14.5.